The van der Waals surface area contributed by atoms with Gasteiger partial charge >= 0.3 is 0 Å². The van der Waals surface area contributed by atoms with E-state index in [1.165, 1.54) is 4.90 Å². The lowest BCUT2D eigenvalue weighted by Gasteiger charge is -2.24. The summed E-state index contributed by atoms with van der Waals surface area (Å²) in [5.74, 6) is -0.536. The van der Waals surface area contributed by atoms with Crippen LogP contribution in [0.25, 0.3) is 0 Å². The average molecular weight is 338 g/mol. The smallest absolute Gasteiger partial charge is 0.243 e. The van der Waals surface area contributed by atoms with E-state index in [9.17, 15) is 14.4 Å². The first-order valence-electron chi connectivity index (χ1n) is 7.40. The van der Waals surface area contributed by atoms with E-state index in [1.54, 1.807) is 31.1 Å². The van der Waals surface area contributed by atoms with Gasteiger partial charge in [0.2, 0.25) is 17.7 Å². The first kappa shape index (κ1) is 17.3. The van der Waals surface area contributed by atoms with E-state index in [1.807, 2.05) is 12.1 Å². The maximum atomic E-state index is 12.3. The fourth-order valence-electron chi connectivity index (χ4n) is 2.43. The number of amides is 3. The molecule has 6 nitrogen and oxygen atoms in total. The van der Waals surface area contributed by atoms with Crippen LogP contribution in [-0.2, 0) is 20.9 Å². The molecule has 1 aliphatic rings. The third-order valence-corrected chi connectivity index (χ3v) is 4.06. The van der Waals surface area contributed by atoms with Gasteiger partial charge in [0, 0.05) is 32.1 Å². The first-order chi connectivity index (χ1) is 10.9. The molecule has 0 aromatic heterocycles. The summed E-state index contributed by atoms with van der Waals surface area (Å²) in [4.78, 5) is 38.8. The quantitative estimate of drug-likeness (QED) is 0.872. The Labute approximate surface area is 140 Å². The van der Waals surface area contributed by atoms with Crippen molar-refractivity contribution in [2.24, 2.45) is 0 Å². The minimum absolute atomic E-state index is 0.0564. The van der Waals surface area contributed by atoms with Crippen molar-refractivity contribution < 1.29 is 14.4 Å². The highest BCUT2D eigenvalue weighted by molar-refractivity contribution is 6.30. The number of benzene rings is 1. The number of carbonyl (C=O) groups is 3. The zero-order valence-electron chi connectivity index (χ0n) is 13.2. The molecule has 0 radical (unpaired) electrons. The second kappa shape index (κ2) is 7.46. The van der Waals surface area contributed by atoms with Crippen LogP contribution in [0.1, 0.15) is 18.4 Å². The summed E-state index contributed by atoms with van der Waals surface area (Å²) in [5, 5.41) is 3.23. The number of rotatable bonds is 5. The molecule has 23 heavy (non-hydrogen) atoms. The van der Waals surface area contributed by atoms with Crippen molar-refractivity contribution in [2.45, 2.75) is 25.4 Å². The summed E-state index contributed by atoms with van der Waals surface area (Å²) >= 11 is 5.85. The fourth-order valence-corrected chi connectivity index (χ4v) is 2.56. The summed E-state index contributed by atoms with van der Waals surface area (Å²) in [7, 11) is 3.25. The van der Waals surface area contributed by atoms with Gasteiger partial charge in [-0.15, -0.1) is 0 Å². The molecule has 1 aliphatic heterocycles. The van der Waals surface area contributed by atoms with E-state index in [0.29, 0.717) is 24.4 Å². The highest BCUT2D eigenvalue weighted by Gasteiger charge is 2.35. The highest BCUT2D eigenvalue weighted by atomic mass is 35.5. The van der Waals surface area contributed by atoms with Gasteiger partial charge in [-0.2, -0.15) is 0 Å². The van der Waals surface area contributed by atoms with Gasteiger partial charge in [0.25, 0.3) is 0 Å². The molecule has 0 aliphatic carbocycles. The molecule has 2 rings (SSSR count). The topological polar surface area (TPSA) is 69.7 Å². The van der Waals surface area contributed by atoms with Gasteiger partial charge in [-0.05, 0) is 24.1 Å². The molecule has 0 bridgehead atoms. The standard InChI is InChI=1S/C16H20ClN3O3/c1-19(2)15(22)9-18-16(23)13-7-8-14(21)20(13)10-11-3-5-12(17)6-4-11/h3-6,13H,7-10H2,1-2H3,(H,18,23). The molecule has 1 atom stereocenters. The fraction of sp³-hybridized carbons (Fsp3) is 0.438. The number of hydrogen-bond donors (Lipinski definition) is 1. The summed E-state index contributed by atoms with van der Waals surface area (Å²) in [6, 6.07) is 6.63. The maximum Gasteiger partial charge on any atom is 0.243 e. The molecule has 1 aromatic carbocycles. The van der Waals surface area contributed by atoms with Crippen LogP contribution in [0.2, 0.25) is 5.02 Å². The molecule has 1 N–H and O–H groups in total. The second-order valence-corrected chi connectivity index (χ2v) is 6.14. The number of nitrogens with zero attached hydrogens (tertiary/aromatic N) is 2. The van der Waals surface area contributed by atoms with Crippen molar-refractivity contribution in [1.82, 2.24) is 15.1 Å². The predicted octanol–water partition coefficient (Wildman–Crippen LogP) is 1.04. The lowest BCUT2D eigenvalue weighted by atomic mass is 10.1. The molecule has 1 aromatic rings. The molecule has 1 fully saturated rings. The monoisotopic (exact) mass is 337 g/mol. The van der Waals surface area contributed by atoms with Crippen molar-refractivity contribution in [3.05, 3.63) is 34.9 Å². The van der Waals surface area contributed by atoms with E-state index in [0.717, 1.165) is 5.56 Å². The molecular weight excluding hydrogens is 318 g/mol. The number of likely N-dealkylation sites (tertiary alicyclic amines) is 1. The van der Waals surface area contributed by atoms with Crippen LogP contribution >= 0.6 is 11.6 Å². The second-order valence-electron chi connectivity index (χ2n) is 5.71. The molecule has 0 saturated carbocycles. The maximum absolute atomic E-state index is 12.3. The summed E-state index contributed by atoms with van der Waals surface area (Å²) in [5.41, 5.74) is 0.909. The van der Waals surface area contributed by atoms with E-state index < -0.39 is 6.04 Å². The Kier molecular flexibility index (Phi) is 5.60. The number of nitrogens with one attached hydrogen (secondary N) is 1. The number of hydrogen-bond acceptors (Lipinski definition) is 3. The van der Waals surface area contributed by atoms with Gasteiger partial charge in [0.15, 0.2) is 0 Å². The first-order valence-corrected chi connectivity index (χ1v) is 7.78. The summed E-state index contributed by atoms with van der Waals surface area (Å²) < 4.78 is 0. The normalized spacial score (nSPS) is 17.3. The lowest BCUT2D eigenvalue weighted by molar-refractivity contribution is -0.137. The van der Waals surface area contributed by atoms with E-state index >= 15 is 0 Å². The van der Waals surface area contributed by atoms with Crippen molar-refractivity contribution in [1.29, 1.82) is 0 Å². The van der Waals surface area contributed by atoms with Crippen LogP contribution < -0.4 is 5.32 Å². The van der Waals surface area contributed by atoms with Crippen molar-refractivity contribution in [3.63, 3.8) is 0 Å². The van der Waals surface area contributed by atoms with Crippen LogP contribution in [0, 0.1) is 0 Å². The molecule has 7 heteroatoms. The predicted molar refractivity (Wildman–Crippen MR) is 86.7 cm³/mol. The van der Waals surface area contributed by atoms with Crippen molar-refractivity contribution in [2.75, 3.05) is 20.6 Å². The Balaban J connectivity index is 1.99. The van der Waals surface area contributed by atoms with Gasteiger partial charge in [0.1, 0.15) is 6.04 Å². The molecule has 1 saturated heterocycles. The Hall–Kier alpha value is -2.08. The zero-order chi connectivity index (χ0) is 17.0. The van der Waals surface area contributed by atoms with Gasteiger partial charge in [-0.1, -0.05) is 23.7 Å². The van der Waals surface area contributed by atoms with Gasteiger partial charge in [-0.25, -0.2) is 0 Å². The van der Waals surface area contributed by atoms with Crippen molar-refractivity contribution in [3.8, 4) is 0 Å². The van der Waals surface area contributed by atoms with Crippen LogP contribution in [-0.4, -0.2) is 54.2 Å². The Bertz CT molecular complexity index is 601. The van der Waals surface area contributed by atoms with Crippen LogP contribution in [0.3, 0.4) is 0 Å². The van der Waals surface area contributed by atoms with Crippen LogP contribution in [0.4, 0.5) is 0 Å². The zero-order valence-corrected chi connectivity index (χ0v) is 14.0. The molecule has 0 spiro atoms. The Morgan fingerprint density at radius 3 is 2.57 bits per heavy atom. The average Bonchev–Trinajstić information content (AvgIpc) is 2.88. The Morgan fingerprint density at radius 1 is 1.30 bits per heavy atom. The summed E-state index contributed by atoms with van der Waals surface area (Å²) in [6.45, 7) is 0.293. The van der Waals surface area contributed by atoms with E-state index in [4.69, 9.17) is 11.6 Å². The van der Waals surface area contributed by atoms with Gasteiger partial charge in [0.05, 0.1) is 6.54 Å². The van der Waals surface area contributed by atoms with Gasteiger partial charge in [-0.3, -0.25) is 14.4 Å². The Morgan fingerprint density at radius 2 is 1.96 bits per heavy atom. The van der Waals surface area contributed by atoms with Crippen LogP contribution in [0.5, 0.6) is 0 Å². The minimum Gasteiger partial charge on any atom is -0.347 e. The minimum atomic E-state index is -0.534. The lowest BCUT2D eigenvalue weighted by Crippen LogP contribution is -2.46. The van der Waals surface area contributed by atoms with E-state index in [2.05, 4.69) is 5.32 Å². The van der Waals surface area contributed by atoms with Crippen LogP contribution in [0.15, 0.2) is 24.3 Å². The van der Waals surface area contributed by atoms with Gasteiger partial charge < -0.3 is 15.1 Å². The third-order valence-electron chi connectivity index (χ3n) is 3.81. The molecule has 1 unspecified atom stereocenters. The van der Waals surface area contributed by atoms with E-state index in [-0.39, 0.29) is 24.3 Å². The number of carbonyl (C=O) groups excluding carboxylic acids is 3. The third kappa shape index (κ3) is 4.45. The number of likely N-dealkylation sites (N-methyl/N-ethyl adjacent to an activating group) is 1. The molecule has 1 heterocycles. The largest absolute Gasteiger partial charge is 0.347 e. The van der Waals surface area contributed by atoms with Crippen molar-refractivity contribution >= 4 is 29.3 Å². The highest BCUT2D eigenvalue weighted by Crippen LogP contribution is 2.22. The molecule has 3 amide bonds. The molecule has 124 valence electrons. The number of halogens is 1. The summed E-state index contributed by atoms with van der Waals surface area (Å²) in [6.07, 6.45) is 0.807. The molecular formula is C16H20ClN3O3. The SMILES string of the molecule is CN(C)C(=O)CNC(=O)C1CCC(=O)N1Cc1ccc(Cl)cc1.